The lowest BCUT2D eigenvalue weighted by Crippen LogP contribution is -2.40. The highest BCUT2D eigenvalue weighted by Gasteiger charge is 2.30. The summed E-state index contributed by atoms with van der Waals surface area (Å²) in [5, 5.41) is 7.71. The molecule has 4 rings (SSSR count). The van der Waals surface area contributed by atoms with Crippen LogP contribution < -0.4 is 10.3 Å². The number of aryl methyl sites for hydroxylation is 2. The maximum Gasteiger partial charge on any atom is 0.261 e. The van der Waals surface area contributed by atoms with Crippen LogP contribution in [0.3, 0.4) is 0 Å². The Hall–Kier alpha value is -2.16. The fourth-order valence-corrected chi connectivity index (χ4v) is 4.37. The van der Waals surface area contributed by atoms with Crippen LogP contribution in [0, 0.1) is 6.92 Å². The van der Waals surface area contributed by atoms with Crippen molar-refractivity contribution < 1.29 is 4.55 Å². The molecule has 2 aromatic heterocycles. The number of aromatic amines is 1. The standard InChI is InChI=1S/C20H25N5O2S/c1-11-8-13(12(2)24-28(27)20(3,4)5)17-14(9-11)19(26)25-7-6-16-15(10-21-23-16)18(25)22-17/h8-10,12,24H,6-7H2,1-5H3,(H,21,23)/t12-,28?/m1/s1. The molecule has 2 atom stereocenters. The van der Waals surface area contributed by atoms with Gasteiger partial charge in [0, 0.05) is 35.6 Å². The minimum atomic E-state index is -1.23. The van der Waals surface area contributed by atoms with Gasteiger partial charge in [-0.15, -0.1) is 4.72 Å². The van der Waals surface area contributed by atoms with Gasteiger partial charge in [-0.25, -0.2) is 4.98 Å². The number of rotatable bonds is 3. The Kier molecular flexibility index (Phi) is 4.60. The van der Waals surface area contributed by atoms with Crippen LogP contribution in [0.25, 0.3) is 22.3 Å². The zero-order valence-electron chi connectivity index (χ0n) is 16.8. The van der Waals surface area contributed by atoms with Crippen LogP contribution in [-0.4, -0.2) is 29.0 Å². The Morgan fingerprint density at radius 3 is 2.82 bits per heavy atom. The van der Waals surface area contributed by atoms with E-state index in [4.69, 9.17) is 4.98 Å². The third-order valence-corrected chi connectivity index (χ3v) is 6.76. The van der Waals surface area contributed by atoms with E-state index in [1.165, 1.54) is 0 Å². The van der Waals surface area contributed by atoms with Crippen molar-refractivity contribution in [3.8, 4) is 11.4 Å². The highest BCUT2D eigenvalue weighted by molar-refractivity contribution is 7.90. The lowest BCUT2D eigenvalue weighted by Gasteiger charge is -2.27. The average molecular weight is 400 g/mol. The number of hydrogen-bond donors (Lipinski definition) is 2. The van der Waals surface area contributed by atoms with Crippen LogP contribution in [0.5, 0.6) is 0 Å². The third kappa shape index (κ3) is 3.15. The molecular formula is C20H25N5O2S. The zero-order chi connectivity index (χ0) is 20.2. The molecule has 7 nitrogen and oxygen atoms in total. The first-order valence-electron chi connectivity index (χ1n) is 9.42. The van der Waals surface area contributed by atoms with Crippen molar-refractivity contribution in [1.29, 1.82) is 0 Å². The molecular weight excluding hydrogens is 374 g/mol. The van der Waals surface area contributed by atoms with Gasteiger partial charge in [0.15, 0.2) is 0 Å². The molecule has 2 N–H and O–H groups in total. The van der Waals surface area contributed by atoms with Gasteiger partial charge < -0.3 is 4.55 Å². The van der Waals surface area contributed by atoms with Crippen molar-refractivity contribution in [3.63, 3.8) is 0 Å². The first kappa shape index (κ1) is 19.2. The van der Waals surface area contributed by atoms with E-state index >= 15 is 0 Å². The van der Waals surface area contributed by atoms with E-state index in [0.29, 0.717) is 23.3 Å². The molecule has 0 aliphatic carbocycles. The van der Waals surface area contributed by atoms with E-state index < -0.39 is 11.4 Å². The fraction of sp³-hybridized carbons (Fsp3) is 0.450. The van der Waals surface area contributed by atoms with Gasteiger partial charge >= 0.3 is 0 Å². The van der Waals surface area contributed by atoms with Gasteiger partial charge in [-0.2, -0.15) is 5.10 Å². The van der Waals surface area contributed by atoms with E-state index in [1.54, 1.807) is 10.8 Å². The van der Waals surface area contributed by atoms with E-state index in [0.717, 1.165) is 28.8 Å². The summed E-state index contributed by atoms with van der Waals surface area (Å²) >= 11 is -1.23. The summed E-state index contributed by atoms with van der Waals surface area (Å²) in [7, 11) is 0. The Balaban J connectivity index is 1.90. The summed E-state index contributed by atoms with van der Waals surface area (Å²) in [5.74, 6) is 0.641. The summed E-state index contributed by atoms with van der Waals surface area (Å²) in [6.45, 7) is 10.3. The maximum absolute atomic E-state index is 13.2. The summed E-state index contributed by atoms with van der Waals surface area (Å²) in [4.78, 5) is 18.1. The highest BCUT2D eigenvalue weighted by Crippen LogP contribution is 2.30. The number of fused-ring (bicyclic) bond motifs is 4. The highest BCUT2D eigenvalue weighted by atomic mass is 32.2. The first-order valence-corrected chi connectivity index (χ1v) is 10.6. The largest absolute Gasteiger partial charge is 0.598 e. The predicted molar refractivity (Wildman–Crippen MR) is 111 cm³/mol. The molecule has 0 fully saturated rings. The normalized spacial score (nSPS) is 15.9. The molecule has 1 unspecified atom stereocenters. The van der Waals surface area contributed by atoms with Gasteiger partial charge in [0.1, 0.15) is 10.6 Å². The van der Waals surface area contributed by atoms with Crippen LogP contribution in [-0.2, 0) is 24.3 Å². The van der Waals surface area contributed by atoms with Gasteiger partial charge in [-0.05, 0) is 46.2 Å². The molecule has 0 saturated heterocycles. The second kappa shape index (κ2) is 6.72. The van der Waals surface area contributed by atoms with Gasteiger partial charge in [-0.1, -0.05) is 6.07 Å². The monoisotopic (exact) mass is 399 g/mol. The minimum absolute atomic E-state index is 0.0408. The van der Waals surface area contributed by atoms with Crippen molar-refractivity contribution in [1.82, 2.24) is 24.5 Å². The molecule has 0 saturated carbocycles. The Morgan fingerprint density at radius 2 is 2.11 bits per heavy atom. The van der Waals surface area contributed by atoms with E-state index in [2.05, 4.69) is 14.9 Å². The molecule has 1 aliphatic heterocycles. The Bertz CT molecular complexity index is 1110. The lowest BCUT2D eigenvalue weighted by molar-refractivity contribution is 0.531. The number of nitrogens with zero attached hydrogens (tertiary/aromatic N) is 3. The van der Waals surface area contributed by atoms with Gasteiger partial charge in [0.2, 0.25) is 0 Å². The van der Waals surface area contributed by atoms with Crippen LogP contribution >= 0.6 is 0 Å². The molecule has 0 radical (unpaired) electrons. The van der Waals surface area contributed by atoms with Crippen LogP contribution in [0.4, 0.5) is 0 Å². The number of hydrogen-bond acceptors (Lipinski definition) is 5. The second-order valence-corrected chi connectivity index (χ2v) is 10.4. The number of nitrogens with one attached hydrogen (secondary N) is 2. The summed E-state index contributed by atoms with van der Waals surface area (Å²) in [5.41, 5.74) is 4.35. The predicted octanol–water partition coefficient (Wildman–Crippen LogP) is 2.76. The van der Waals surface area contributed by atoms with Crippen LogP contribution in [0.1, 0.15) is 50.6 Å². The Labute approximate surface area is 166 Å². The summed E-state index contributed by atoms with van der Waals surface area (Å²) in [6, 6.07) is 3.69. The molecule has 0 bridgehead atoms. The molecule has 0 amide bonds. The van der Waals surface area contributed by atoms with Crippen LogP contribution in [0.2, 0.25) is 0 Å². The molecule has 148 valence electrons. The number of benzene rings is 1. The SMILES string of the molecule is Cc1cc([C@@H](C)N[S+]([O-])C(C)(C)C)c2nc3n(c(=O)c2c1)CCc1[nH]ncc1-3. The van der Waals surface area contributed by atoms with E-state index in [9.17, 15) is 9.35 Å². The smallest absolute Gasteiger partial charge is 0.261 e. The van der Waals surface area contributed by atoms with E-state index in [1.807, 2.05) is 46.8 Å². The summed E-state index contributed by atoms with van der Waals surface area (Å²) in [6.07, 6.45) is 2.46. The zero-order valence-corrected chi connectivity index (χ0v) is 17.6. The van der Waals surface area contributed by atoms with Crippen molar-refractivity contribution in [2.75, 3.05) is 0 Å². The Morgan fingerprint density at radius 1 is 1.36 bits per heavy atom. The minimum Gasteiger partial charge on any atom is -0.598 e. The third-order valence-electron chi connectivity index (χ3n) is 5.08. The summed E-state index contributed by atoms with van der Waals surface area (Å²) < 4.78 is 17.1. The molecule has 3 aromatic rings. The second-order valence-electron chi connectivity index (χ2n) is 8.38. The average Bonchev–Trinajstić information content (AvgIpc) is 3.10. The fourth-order valence-electron chi connectivity index (χ4n) is 3.57. The molecule has 8 heteroatoms. The van der Waals surface area contributed by atoms with E-state index in [-0.39, 0.29) is 16.3 Å². The topological polar surface area (TPSA) is 98.7 Å². The molecule has 1 aromatic carbocycles. The van der Waals surface area contributed by atoms with Gasteiger partial charge in [0.05, 0.1) is 28.7 Å². The molecule has 0 spiro atoms. The van der Waals surface area contributed by atoms with Gasteiger partial charge in [-0.3, -0.25) is 14.5 Å². The maximum atomic E-state index is 13.2. The van der Waals surface area contributed by atoms with Crippen molar-refractivity contribution in [3.05, 3.63) is 45.5 Å². The molecule has 3 heterocycles. The molecule has 28 heavy (non-hydrogen) atoms. The van der Waals surface area contributed by atoms with Crippen molar-refractivity contribution in [2.24, 2.45) is 0 Å². The van der Waals surface area contributed by atoms with Crippen molar-refractivity contribution >= 4 is 22.3 Å². The van der Waals surface area contributed by atoms with Crippen molar-refractivity contribution in [2.45, 2.75) is 58.4 Å². The quantitative estimate of drug-likeness (QED) is 0.660. The number of aromatic nitrogens is 4. The lowest BCUT2D eigenvalue weighted by atomic mass is 10.0. The van der Waals surface area contributed by atoms with Crippen LogP contribution in [0.15, 0.2) is 23.1 Å². The molecule has 1 aliphatic rings. The number of H-pyrrole nitrogens is 1. The first-order chi connectivity index (χ1) is 13.2. The van der Waals surface area contributed by atoms with Gasteiger partial charge in [0.25, 0.3) is 5.56 Å².